The maximum absolute atomic E-state index is 13.5. The predicted molar refractivity (Wildman–Crippen MR) is 109 cm³/mol. The first-order chi connectivity index (χ1) is 13.3. The lowest BCUT2D eigenvalue weighted by atomic mass is 10.0. The summed E-state index contributed by atoms with van der Waals surface area (Å²) >= 11 is 7.28. The first kappa shape index (κ1) is 18.5. The normalized spacial score (nSPS) is 11.8. The number of benzene rings is 1. The van der Waals surface area contributed by atoms with Gasteiger partial charge in [0.2, 0.25) is 0 Å². The molecule has 0 saturated carbocycles. The van der Waals surface area contributed by atoms with Gasteiger partial charge in [-0.3, -0.25) is 9.36 Å². The molecule has 0 atom stereocenters. The van der Waals surface area contributed by atoms with Crippen molar-refractivity contribution in [3.05, 3.63) is 63.4 Å². The first-order valence-corrected chi connectivity index (χ1v) is 9.64. The van der Waals surface area contributed by atoms with E-state index in [0.717, 1.165) is 0 Å². The molecule has 0 aliphatic rings. The van der Waals surface area contributed by atoms with Gasteiger partial charge in [0.15, 0.2) is 0 Å². The van der Waals surface area contributed by atoms with Gasteiger partial charge in [-0.15, -0.1) is 11.3 Å². The molecular weight excluding hydrogens is 400 g/mol. The third-order valence-electron chi connectivity index (χ3n) is 4.58. The Balaban J connectivity index is 2.11. The Labute approximate surface area is 168 Å². The lowest BCUT2D eigenvalue weighted by Gasteiger charge is -2.25. The predicted octanol–water partition coefficient (Wildman–Crippen LogP) is 4.86. The van der Waals surface area contributed by atoms with Crippen molar-refractivity contribution in [1.29, 1.82) is 0 Å². The number of carbonyl (C=O) groups is 1. The molecule has 1 N–H and O–H groups in total. The van der Waals surface area contributed by atoms with Crippen LogP contribution in [0.4, 0.5) is 0 Å². The molecule has 0 bridgehead atoms. The maximum atomic E-state index is 13.5. The van der Waals surface area contributed by atoms with Gasteiger partial charge in [0.05, 0.1) is 11.6 Å². The van der Waals surface area contributed by atoms with E-state index in [1.807, 2.05) is 0 Å². The summed E-state index contributed by atoms with van der Waals surface area (Å²) in [5, 5.41) is 12.5. The zero-order valence-corrected chi connectivity index (χ0v) is 16.5. The molecule has 0 radical (unpaired) electrons. The Morgan fingerprint density at radius 3 is 2.57 bits per heavy atom. The Hall–Kier alpha value is -2.90. The number of carboxylic acid groups (broad SMARTS) is 1. The highest BCUT2D eigenvalue weighted by atomic mass is 35.5. The number of hydrogen-bond acceptors (Lipinski definition) is 5. The largest absolute Gasteiger partial charge is 0.480 e. The molecule has 3 aromatic heterocycles. The molecule has 4 rings (SSSR count). The average molecular weight is 415 g/mol. The van der Waals surface area contributed by atoms with Gasteiger partial charge < -0.3 is 9.52 Å². The summed E-state index contributed by atoms with van der Waals surface area (Å²) in [4.78, 5) is 30.7. The Bertz CT molecular complexity index is 1240. The van der Waals surface area contributed by atoms with Crippen LogP contribution in [-0.2, 0) is 10.3 Å². The van der Waals surface area contributed by atoms with Crippen LogP contribution in [0, 0.1) is 0 Å². The third kappa shape index (κ3) is 2.83. The number of carboxylic acids is 1. The van der Waals surface area contributed by atoms with Crippen LogP contribution in [0.2, 0.25) is 5.02 Å². The fourth-order valence-electron chi connectivity index (χ4n) is 3.01. The van der Waals surface area contributed by atoms with E-state index in [0.29, 0.717) is 32.1 Å². The smallest absolute Gasteiger partial charge is 0.329 e. The van der Waals surface area contributed by atoms with Crippen LogP contribution in [0.1, 0.15) is 13.8 Å². The second-order valence-corrected chi connectivity index (χ2v) is 8.05. The Morgan fingerprint density at radius 1 is 1.25 bits per heavy atom. The number of fused-ring (bicyclic) bond motifs is 1. The second kappa shape index (κ2) is 6.61. The first-order valence-electron chi connectivity index (χ1n) is 8.38. The number of rotatable bonds is 4. The van der Waals surface area contributed by atoms with E-state index in [-0.39, 0.29) is 5.82 Å². The zero-order valence-electron chi connectivity index (χ0n) is 15.0. The van der Waals surface area contributed by atoms with Crippen LogP contribution in [0.3, 0.4) is 0 Å². The van der Waals surface area contributed by atoms with Crippen LogP contribution in [0.5, 0.6) is 0 Å². The molecule has 0 amide bonds. The summed E-state index contributed by atoms with van der Waals surface area (Å²) in [6, 6.07) is 10.3. The summed E-state index contributed by atoms with van der Waals surface area (Å²) < 4.78 is 6.66. The minimum Gasteiger partial charge on any atom is -0.480 e. The molecule has 3 heterocycles. The van der Waals surface area contributed by atoms with E-state index in [9.17, 15) is 14.7 Å². The van der Waals surface area contributed by atoms with Crippen molar-refractivity contribution in [2.24, 2.45) is 0 Å². The van der Waals surface area contributed by atoms with E-state index >= 15 is 0 Å². The van der Waals surface area contributed by atoms with Gasteiger partial charge in [-0.2, -0.15) is 0 Å². The van der Waals surface area contributed by atoms with E-state index in [4.69, 9.17) is 16.0 Å². The molecule has 6 nitrogen and oxygen atoms in total. The van der Waals surface area contributed by atoms with Crippen LogP contribution >= 0.6 is 22.9 Å². The maximum Gasteiger partial charge on any atom is 0.329 e. The number of aliphatic carboxylic acids is 1. The van der Waals surface area contributed by atoms with E-state index in [1.54, 1.807) is 41.8 Å². The van der Waals surface area contributed by atoms with Crippen molar-refractivity contribution in [2.45, 2.75) is 19.4 Å². The molecule has 0 spiro atoms. The zero-order chi connectivity index (χ0) is 20.1. The number of halogens is 1. The fourth-order valence-corrected chi connectivity index (χ4v) is 4.05. The molecule has 0 aliphatic carbocycles. The van der Waals surface area contributed by atoms with E-state index in [2.05, 4.69) is 4.98 Å². The monoisotopic (exact) mass is 414 g/mol. The van der Waals surface area contributed by atoms with Crippen LogP contribution < -0.4 is 5.56 Å². The van der Waals surface area contributed by atoms with Gasteiger partial charge in [-0.05, 0) is 50.2 Å². The quantitative estimate of drug-likeness (QED) is 0.515. The lowest BCUT2D eigenvalue weighted by Crippen LogP contribution is -2.44. The van der Waals surface area contributed by atoms with Gasteiger partial charge in [0.1, 0.15) is 22.0 Å². The van der Waals surface area contributed by atoms with Crippen LogP contribution in [0.25, 0.3) is 32.9 Å². The summed E-state index contributed by atoms with van der Waals surface area (Å²) in [6.07, 6.45) is 1.52. The van der Waals surface area contributed by atoms with Crippen molar-refractivity contribution in [2.75, 3.05) is 0 Å². The molecule has 1 aromatic carbocycles. The highest BCUT2D eigenvalue weighted by molar-refractivity contribution is 7.17. The second-order valence-electron chi connectivity index (χ2n) is 6.75. The average Bonchev–Trinajstić information content (AvgIpc) is 3.31. The van der Waals surface area contributed by atoms with Crippen molar-refractivity contribution in [3.63, 3.8) is 0 Å². The topological polar surface area (TPSA) is 85.3 Å². The van der Waals surface area contributed by atoms with Gasteiger partial charge in [0.25, 0.3) is 5.56 Å². The number of nitrogens with zero attached hydrogens (tertiary/aromatic N) is 2. The van der Waals surface area contributed by atoms with E-state index < -0.39 is 17.1 Å². The summed E-state index contributed by atoms with van der Waals surface area (Å²) in [6.45, 7) is 2.95. The van der Waals surface area contributed by atoms with Crippen molar-refractivity contribution in [1.82, 2.24) is 9.55 Å². The molecule has 0 fully saturated rings. The highest BCUT2D eigenvalue weighted by Crippen LogP contribution is 2.34. The van der Waals surface area contributed by atoms with Crippen LogP contribution in [-0.4, -0.2) is 20.6 Å². The van der Waals surface area contributed by atoms with Crippen molar-refractivity contribution < 1.29 is 14.3 Å². The Kier molecular flexibility index (Phi) is 4.36. The lowest BCUT2D eigenvalue weighted by molar-refractivity contribution is -0.145. The summed E-state index contributed by atoms with van der Waals surface area (Å²) in [5.74, 6) is -0.334. The minimum absolute atomic E-state index is 0.273. The highest BCUT2D eigenvalue weighted by Gasteiger charge is 2.35. The molecule has 4 aromatic rings. The van der Waals surface area contributed by atoms with Crippen LogP contribution in [0.15, 0.2) is 57.3 Å². The van der Waals surface area contributed by atoms with Gasteiger partial charge in [-0.25, -0.2) is 9.78 Å². The number of hydrogen-bond donors (Lipinski definition) is 1. The number of thiophene rings is 1. The Morgan fingerprint density at radius 2 is 1.96 bits per heavy atom. The molecular formula is C20H15ClN2O4S. The summed E-state index contributed by atoms with van der Waals surface area (Å²) in [5.41, 5.74) is -0.754. The third-order valence-corrected chi connectivity index (χ3v) is 5.70. The number of furan rings is 1. The van der Waals surface area contributed by atoms with Gasteiger partial charge in [-0.1, -0.05) is 11.6 Å². The molecule has 0 unspecified atom stereocenters. The molecule has 28 heavy (non-hydrogen) atoms. The van der Waals surface area contributed by atoms with Gasteiger partial charge in [0, 0.05) is 21.5 Å². The van der Waals surface area contributed by atoms with Crippen molar-refractivity contribution in [3.8, 4) is 22.7 Å². The molecule has 0 saturated heterocycles. The SMILES string of the molecule is CC(C)(C(=O)O)n1c(-c2ccc(Cl)cc2)nc2scc(-c3ccco3)c2c1=O. The fraction of sp³-hybridized carbons (Fsp3) is 0.150. The van der Waals surface area contributed by atoms with E-state index in [1.165, 1.54) is 36.0 Å². The molecule has 142 valence electrons. The minimum atomic E-state index is -1.52. The number of aromatic nitrogens is 2. The van der Waals surface area contributed by atoms with Gasteiger partial charge >= 0.3 is 5.97 Å². The molecule has 8 heteroatoms. The van der Waals surface area contributed by atoms with Crippen molar-refractivity contribution >= 4 is 39.1 Å². The standard InChI is InChI=1S/C20H15ClN2O4S/c1-20(2,19(25)26)23-16(11-5-7-12(21)8-6-11)22-17-15(18(23)24)13(10-28-17)14-4-3-9-27-14/h3-10H,1-2H3,(H,25,26). The summed E-state index contributed by atoms with van der Waals surface area (Å²) in [7, 11) is 0. The molecule has 0 aliphatic heterocycles.